The topological polar surface area (TPSA) is 415 Å². The van der Waals surface area contributed by atoms with Gasteiger partial charge in [0, 0.05) is 11.5 Å². The summed E-state index contributed by atoms with van der Waals surface area (Å²) in [6, 6.07) is -11.8. The second kappa shape index (κ2) is 35.3. The van der Waals surface area contributed by atoms with Gasteiger partial charge in [-0.3, -0.25) is 38.4 Å². The van der Waals surface area contributed by atoms with Gasteiger partial charge in [0.05, 0.1) is 19.3 Å². The molecular formula is C38H72N12O12S3. The van der Waals surface area contributed by atoms with Gasteiger partial charge in [0.25, 0.3) is 0 Å². The fourth-order valence-electron chi connectivity index (χ4n) is 5.76. The van der Waals surface area contributed by atoms with Gasteiger partial charge in [-0.2, -0.15) is 37.0 Å². The van der Waals surface area contributed by atoms with Crippen molar-refractivity contribution in [1.29, 1.82) is 0 Å². The van der Waals surface area contributed by atoms with Crippen LogP contribution in [0.15, 0.2) is 0 Å². The predicted octanol–water partition coefficient (Wildman–Crippen LogP) is -5.72. The van der Waals surface area contributed by atoms with Crippen molar-refractivity contribution in [1.82, 2.24) is 42.5 Å². The third-order valence-electron chi connectivity index (χ3n) is 9.70. The number of nitrogens with one attached hydrogen (secondary N) is 8. The summed E-state index contributed by atoms with van der Waals surface area (Å²) in [5, 5.41) is 48.8. The molecule has 0 heterocycles. The van der Waals surface area contributed by atoms with E-state index in [0.717, 1.165) is 0 Å². The number of carboxylic acids is 1. The molecule has 9 atom stereocenters. The molecule has 0 fully saturated rings. The molecular weight excluding hydrogens is 913 g/mol. The minimum absolute atomic E-state index is 0.0387. The first kappa shape index (κ1) is 61.0. The second-order valence-electron chi connectivity index (χ2n) is 15.0. The Morgan fingerprint density at radius 3 is 1.14 bits per heavy atom. The Labute approximate surface area is 394 Å². The third kappa shape index (κ3) is 24.4. The Kier molecular flexibility index (Phi) is 33.1. The van der Waals surface area contributed by atoms with Crippen LogP contribution >= 0.6 is 37.0 Å². The highest BCUT2D eigenvalue weighted by Gasteiger charge is 2.34. The number of hydrogen-bond donors (Lipinski definition) is 17. The third-order valence-corrected chi connectivity index (χ3v) is 11.1. The van der Waals surface area contributed by atoms with Crippen molar-refractivity contribution < 1.29 is 58.5 Å². The average Bonchev–Trinajstić information content (AvgIpc) is 3.28. The van der Waals surface area contributed by atoms with Crippen LogP contribution < -0.4 is 65.5 Å². The molecule has 24 nitrogen and oxygen atoms in total. The summed E-state index contributed by atoms with van der Waals surface area (Å²) in [6.07, 6.45) is 4.62. The predicted molar refractivity (Wildman–Crippen MR) is 250 cm³/mol. The molecule has 0 aliphatic heterocycles. The van der Waals surface area contributed by atoms with E-state index in [1.54, 1.807) is 6.26 Å². The normalized spacial score (nSPS) is 15.2. The molecule has 0 saturated carbocycles. The van der Waals surface area contributed by atoms with Gasteiger partial charge in [-0.25, -0.2) is 4.79 Å². The first-order chi connectivity index (χ1) is 30.9. The zero-order valence-corrected chi connectivity index (χ0v) is 39.7. The molecule has 0 aromatic carbocycles. The highest BCUT2D eigenvalue weighted by atomic mass is 32.2. The van der Waals surface area contributed by atoms with Crippen LogP contribution in [0.2, 0.25) is 0 Å². The standard InChI is InChI=1S/C38H72N12O12S3/c1-21(43-36(59)27(17-51)49-35(58)26(12-16-65-2)47-37(60)28(18-52)48-31(54)22(42)19-63)30(53)44-23(9-3-6-13-39)32(55)45-24(10-4-7-14-40)33(56)46-25(11-5-8-15-41)34(57)50-29(20-64)38(61)62/h21-29,51-52,63-64H,3-20,39-42H2,1-2H3,(H,43,59)(H,44,53)(H,45,55)(H,46,56)(H,47,60)(H,48,54)(H,49,58)(H,50,57)(H,61,62)/t21-,22-,23-,24-,25-,26-,27-,28-,29-/m0/s1. The summed E-state index contributed by atoms with van der Waals surface area (Å²) in [4.78, 5) is 118. The minimum Gasteiger partial charge on any atom is -0.480 e. The largest absolute Gasteiger partial charge is 0.480 e. The SMILES string of the molecule is CSCC[C@H](NC(=O)[C@H](CO)NC(=O)[C@@H](N)CS)C(=O)N[C@@H](CO)C(=O)N[C@@H](C)C(=O)N[C@@H](CCCCN)C(=O)N[C@@H](CCCCN)C(=O)N[C@@H](CCCCN)C(=O)N[C@@H](CS)C(=O)O. The van der Waals surface area contributed by atoms with Crippen molar-refractivity contribution in [2.75, 3.05) is 56.4 Å². The molecule has 0 radical (unpaired) electrons. The zero-order chi connectivity index (χ0) is 49.5. The lowest BCUT2D eigenvalue weighted by Gasteiger charge is -2.27. The van der Waals surface area contributed by atoms with Gasteiger partial charge in [0.15, 0.2) is 0 Å². The highest BCUT2D eigenvalue weighted by molar-refractivity contribution is 7.98. The smallest absolute Gasteiger partial charge is 0.327 e. The molecule has 65 heavy (non-hydrogen) atoms. The summed E-state index contributed by atoms with van der Waals surface area (Å²) in [7, 11) is 0. The van der Waals surface area contributed by atoms with E-state index in [1.807, 2.05) is 0 Å². The number of unbranched alkanes of at least 4 members (excludes halogenated alkanes) is 3. The van der Waals surface area contributed by atoms with Crippen LogP contribution in [-0.2, 0) is 43.2 Å². The fourth-order valence-corrected chi connectivity index (χ4v) is 6.65. The molecule has 0 spiro atoms. The summed E-state index contributed by atoms with van der Waals surface area (Å²) >= 11 is 9.24. The summed E-state index contributed by atoms with van der Waals surface area (Å²) < 4.78 is 0. The molecule has 19 N–H and O–H groups in total. The maximum Gasteiger partial charge on any atom is 0.327 e. The van der Waals surface area contributed by atoms with Gasteiger partial charge in [0.2, 0.25) is 47.3 Å². The van der Waals surface area contributed by atoms with Crippen molar-refractivity contribution in [3.8, 4) is 0 Å². The Morgan fingerprint density at radius 2 is 0.800 bits per heavy atom. The van der Waals surface area contributed by atoms with E-state index < -0.39 is 121 Å². The molecule has 0 bridgehead atoms. The van der Waals surface area contributed by atoms with Crippen LogP contribution in [0.1, 0.15) is 71.1 Å². The number of aliphatic hydroxyl groups is 2. The van der Waals surface area contributed by atoms with Gasteiger partial charge in [-0.05, 0) is 103 Å². The van der Waals surface area contributed by atoms with E-state index in [0.29, 0.717) is 50.8 Å². The summed E-state index contributed by atoms with van der Waals surface area (Å²) in [6.45, 7) is 0.364. The molecule has 0 aliphatic rings. The first-order valence-corrected chi connectivity index (χ1v) is 24.0. The Balaban J connectivity index is 6.13. The quantitative estimate of drug-likeness (QED) is 0.0205. The fraction of sp³-hybridized carbons (Fsp3) is 0.763. The molecule has 0 rings (SSSR count). The van der Waals surface area contributed by atoms with Crippen molar-refractivity contribution in [3.63, 3.8) is 0 Å². The number of rotatable bonds is 36. The van der Waals surface area contributed by atoms with Gasteiger partial charge in [-0.15, -0.1) is 0 Å². The Hall–Kier alpha value is -3.96. The molecule has 8 amide bonds. The number of aliphatic hydroxyl groups excluding tert-OH is 2. The van der Waals surface area contributed by atoms with Crippen LogP contribution in [0, 0.1) is 0 Å². The monoisotopic (exact) mass is 984 g/mol. The summed E-state index contributed by atoms with van der Waals surface area (Å²) in [5.74, 6) is -8.01. The number of thioether (sulfide) groups is 1. The molecule has 0 aliphatic carbocycles. The van der Waals surface area contributed by atoms with E-state index >= 15 is 0 Å². The maximum atomic E-state index is 13.8. The molecule has 0 aromatic rings. The maximum absolute atomic E-state index is 13.8. The van der Waals surface area contributed by atoms with E-state index in [2.05, 4.69) is 67.8 Å². The summed E-state index contributed by atoms with van der Waals surface area (Å²) in [5.41, 5.74) is 22.6. The second-order valence-corrected chi connectivity index (χ2v) is 16.7. The van der Waals surface area contributed by atoms with Gasteiger partial charge >= 0.3 is 5.97 Å². The lowest BCUT2D eigenvalue weighted by Crippen LogP contribution is -2.60. The number of thiol groups is 2. The number of aliphatic carboxylic acids is 1. The van der Waals surface area contributed by atoms with Crippen molar-refractivity contribution in [2.24, 2.45) is 22.9 Å². The highest BCUT2D eigenvalue weighted by Crippen LogP contribution is 2.09. The van der Waals surface area contributed by atoms with E-state index in [1.165, 1.54) is 18.7 Å². The van der Waals surface area contributed by atoms with Gasteiger partial charge in [-0.1, -0.05) is 0 Å². The van der Waals surface area contributed by atoms with Crippen molar-refractivity contribution >= 4 is 90.2 Å². The average molecular weight is 985 g/mol. The Bertz CT molecular complexity index is 1520. The number of carbonyl (C=O) groups excluding carboxylic acids is 8. The van der Waals surface area contributed by atoms with Crippen molar-refractivity contribution in [2.45, 2.75) is 126 Å². The number of carbonyl (C=O) groups is 9. The number of nitrogens with two attached hydrogens (primary N) is 4. The van der Waals surface area contributed by atoms with Crippen LogP contribution in [-0.4, -0.2) is 179 Å². The zero-order valence-electron chi connectivity index (χ0n) is 37.1. The number of hydrogen-bond acceptors (Lipinski definition) is 18. The lowest BCUT2D eigenvalue weighted by molar-refractivity contribution is -0.141. The van der Waals surface area contributed by atoms with E-state index in [4.69, 9.17) is 22.9 Å². The Morgan fingerprint density at radius 1 is 0.477 bits per heavy atom. The molecule has 0 aromatic heterocycles. The molecule has 27 heteroatoms. The van der Waals surface area contributed by atoms with Crippen LogP contribution in [0.25, 0.3) is 0 Å². The van der Waals surface area contributed by atoms with Crippen LogP contribution in [0.5, 0.6) is 0 Å². The van der Waals surface area contributed by atoms with Crippen molar-refractivity contribution in [3.05, 3.63) is 0 Å². The molecule has 0 saturated heterocycles. The van der Waals surface area contributed by atoms with E-state index in [9.17, 15) is 58.5 Å². The number of amides is 8. The van der Waals surface area contributed by atoms with Crippen LogP contribution in [0.3, 0.4) is 0 Å². The van der Waals surface area contributed by atoms with E-state index in [-0.39, 0.29) is 50.3 Å². The first-order valence-electron chi connectivity index (χ1n) is 21.3. The minimum atomic E-state index is -1.63. The van der Waals surface area contributed by atoms with Crippen LogP contribution in [0.4, 0.5) is 0 Å². The molecule has 374 valence electrons. The number of carboxylic acid groups (broad SMARTS) is 1. The van der Waals surface area contributed by atoms with Gasteiger partial charge < -0.3 is 80.8 Å². The lowest BCUT2D eigenvalue weighted by atomic mass is 10.0. The molecule has 0 unspecified atom stereocenters. The van der Waals surface area contributed by atoms with Gasteiger partial charge in [0.1, 0.15) is 48.3 Å².